The summed E-state index contributed by atoms with van der Waals surface area (Å²) in [6.45, 7) is 4.98. The van der Waals surface area contributed by atoms with E-state index < -0.39 is 0 Å². The average molecular weight is 510 g/mol. The minimum atomic E-state index is 0. The lowest BCUT2D eigenvalue weighted by molar-refractivity contribution is -0.128. The molecule has 2 fully saturated rings. The normalized spacial score (nSPS) is 17.2. The van der Waals surface area contributed by atoms with Gasteiger partial charge in [0.05, 0.1) is 0 Å². The molecule has 2 aromatic rings. The number of hydrogen-bond acceptors (Lipinski definition) is 3. The van der Waals surface area contributed by atoms with Crippen LogP contribution in [-0.2, 0) is 9.59 Å². The number of carbonyl (C=O) groups excluding carboxylic acids is 2. The zero-order chi connectivity index (χ0) is 23.3. The van der Waals surface area contributed by atoms with Crippen molar-refractivity contribution < 1.29 is 26.0 Å². The molecule has 2 saturated heterocycles. The summed E-state index contributed by atoms with van der Waals surface area (Å²) in [4.78, 5) is 27.6. The maximum absolute atomic E-state index is 12.5. The lowest BCUT2D eigenvalue weighted by Crippen LogP contribution is -2.43. The Morgan fingerprint density at radius 1 is 0.838 bits per heavy atom. The summed E-state index contributed by atoms with van der Waals surface area (Å²) >= 11 is 0. The van der Waals surface area contributed by atoms with Gasteiger partial charge >= 0.3 is 0 Å². The van der Waals surface area contributed by atoms with Crippen molar-refractivity contribution in [3.63, 3.8) is 0 Å². The number of carbonyl (C=O) groups is 2. The molecule has 2 aromatic carbocycles. The van der Waals surface area contributed by atoms with Crippen molar-refractivity contribution in [1.82, 2.24) is 15.1 Å². The smallest absolute Gasteiger partial charge is 0.223 e. The van der Waals surface area contributed by atoms with Crippen LogP contribution in [0.4, 0.5) is 0 Å². The van der Waals surface area contributed by atoms with Crippen molar-refractivity contribution in [2.45, 2.75) is 25.7 Å². The summed E-state index contributed by atoms with van der Waals surface area (Å²) in [5.41, 5.74) is 8.17. The fourth-order valence-electron chi connectivity index (χ4n) is 5.49. The third kappa shape index (κ3) is 6.72. The van der Waals surface area contributed by atoms with Crippen molar-refractivity contribution in [2.75, 3.05) is 39.3 Å². The van der Waals surface area contributed by atoms with Gasteiger partial charge in [0, 0.05) is 45.2 Å². The van der Waals surface area contributed by atoms with Gasteiger partial charge in [-0.15, -0.1) is 0 Å². The highest BCUT2D eigenvalue weighted by molar-refractivity contribution is 5.94. The van der Waals surface area contributed by atoms with Crippen LogP contribution in [0, 0.1) is 5.92 Å². The summed E-state index contributed by atoms with van der Waals surface area (Å²) in [6, 6.07) is 17.4. The molecule has 0 spiro atoms. The van der Waals surface area contributed by atoms with E-state index in [0.29, 0.717) is 19.6 Å². The van der Waals surface area contributed by atoms with Crippen molar-refractivity contribution >= 4 is 30.0 Å². The average Bonchev–Trinajstić information content (AvgIpc) is 3.06. The molecule has 0 radical (unpaired) electrons. The van der Waals surface area contributed by atoms with Crippen molar-refractivity contribution in [1.29, 1.82) is 0 Å². The first-order chi connectivity index (χ1) is 16.7. The maximum Gasteiger partial charge on any atom is 0.223 e. The minimum absolute atomic E-state index is 0. The van der Waals surface area contributed by atoms with Crippen LogP contribution < -0.4 is 5.32 Å². The summed E-state index contributed by atoms with van der Waals surface area (Å²) in [5.74, 6) is 0.183. The lowest BCUT2D eigenvalue weighted by atomic mass is 9.86. The Balaban J connectivity index is 0.00000160. The topological polar surface area (TPSA) is 147 Å². The molecule has 0 unspecified atom stereocenters. The quantitative estimate of drug-likeness (QED) is 0.521. The Morgan fingerprint density at radius 3 is 1.92 bits per heavy atom. The zero-order valence-corrected chi connectivity index (χ0v) is 21.2. The van der Waals surface area contributed by atoms with Crippen molar-refractivity contribution in [3.8, 4) is 0 Å². The summed E-state index contributed by atoms with van der Waals surface area (Å²) in [6.07, 6.45) is 9.00. The number of hydrogen-bond donors (Lipinski definition) is 1. The summed E-state index contributed by atoms with van der Waals surface area (Å²) in [5, 5.41) is 3.13. The van der Waals surface area contributed by atoms with E-state index in [-0.39, 0.29) is 28.3 Å². The Bertz CT molecular complexity index is 1060. The molecule has 3 aliphatic rings. The van der Waals surface area contributed by atoms with Gasteiger partial charge in [-0.25, -0.2) is 0 Å². The predicted molar refractivity (Wildman–Crippen MR) is 148 cm³/mol. The second-order valence-corrected chi connectivity index (χ2v) is 9.53. The number of likely N-dealkylation sites (tertiary alicyclic amines) is 2. The predicted octanol–water partition coefficient (Wildman–Crippen LogP) is 1.58. The molecule has 1 aliphatic carbocycles. The largest absolute Gasteiger partial charge is 0.412 e. The van der Waals surface area contributed by atoms with E-state index in [0.717, 1.165) is 51.7 Å². The molecule has 2 aliphatic heterocycles. The Hall–Kier alpha value is -3.30. The van der Waals surface area contributed by atoms with Crippen molar-refractivity contribution in [2.24, 2.45) is 5.92 Å². The summed E-state index contributed by atoms with van der Waals surface area (Å²) < 4.78 is 0. The highest BCUT2D eigenvalue weighted by atomic mass is 16.2. The molecule has 2 heterocycles. The first-order valence-electron chi connectivity index (χ1n) is 12.5. The van der Waals surface area contributed by atoms with E-state index in [9.17, 15) is 9.59 Å². The van der Waals surface area contributed by atoms with Crippen LogP contribution in [0.1, 0.15) is 47.9 Å². The van der Waals surface area contributed by atoms with E-state index in [4.69, 9.17) is 0 Å². The van der Waals surface area contributed by atoms with E-state index in [1.807, 2.05) is 0 Å². The highest BCUT2D eigenvalue weighted by Gasteiger charge is 2.25. The number of rotatable bonds is 5. The first-order valence-corrected chi connectivity index (χ1v) is 12.5. The first kappa shape index (κ1) is 29.9. The molecule has 2 amide bonds. The highest BCUT2D eigenvalue weighted by Crippen LogP contribution is 2.38. The Kier molecular flexibility index (Phi) is 11.2. The lowest BCUT2D eigenvalue weighted by Gasteiger charge is -2.31. The van der Waals surface area contributed by atoms with Gasteiger partial charge in [0.2, 0.25) is 12.3 Å². The molecular weight excluding hydrogens is 470 g/mol. The van der Waals surface area contributed by atoms with Gasteiger partial charge in [0.1, 0.15) is 0 Å². The van der Waals surface area contributed by atoms with Gasteiger partial charge in [-0.05, 0) is 53.5 Å². The van der Waals surface area contributed by atoms with Gasteiger partial charge in [-0.2, -0.15) is 0 Å². The van der Waals surface area contributed by atoms with E-state index in [1.54, 1.807) is 4.90 Å². The van der Waals surface area contributed by atoms with Crippen LogP contribution in [0.2, 0.25) is 0 Å². The van der Waals surface area contributed by atoms with Crippen LogP contribution in [0.5, 0.6) is 0 Å². The van der Waals surface area contributed by atoms with Gasteiger partial charge in [-0.1, -0.05) is 66.3 Å². The minimum Gasteiger partial charge on any atom is -0.412 e. The molecule has 8 heteroatoms. The Morgan fingerprint density at radius 2 is 1.38 bits per heavy atom. The summed E-state index contributed by atoms with van der Waals surface area (Å²) in [7, 11) is 0. The van der Waals surface area contributed by atoms with Gasteiger partial charge in [0.15, 0.2) is 0 Å². The molecule has 0 aromatic heterocycles. The molecule has 5 rings (SSSR count). The van der Waals surface area contributed by atoms with Crippen molar-refractivity contribution in [3.05, 3.63) is 76.4 Å². The van der Waals surface area contributed by atoms with Gasteiger partial charge < -0.3 is 31.5 Å². The number of piperidine rings is 2. The van der Waals surface area contributed by atoms with Crippen LogP contribution >= 0.6 is 0 Å². The van der Waals surface area contributed by atoms with Gasteiger partial charge in [-0.3, -0.25) is 9.59 Å². The van der Waals surface area contributed by atoms with Crippen LogP contribution in [0.15, 0.2) is 54.1 Å². The van der Waals surface area contributed by atoms with E-state index in [1.165, 1.54) is 33.4 Å². The molecule has 200 valence electrons. The third-order valence-electron chi connectivity index (χ3n) is 7.49. The second-order valence-electron chi connectivity index (χ2n) is 9.53. The molecular formula is C29H39N3O5. The standard InChI is InChI=1S/C29H33N3O2.3H2O/c33-21-32-18-13-25(14-19-32)29(34)30-15-20-31-16-11-24(12-17-31)28-26-7-3-1-5-22(26)9-10-23-6-2-4-8-27(23)28;;;/h1-10,21,25H,11-20H2,(H,30,34);3*1H2. The molecule has 0 bridgehead atoms. The monoisotopic (exact) mass is 509 g/mol. The molecule has 8 nitrogen and oxygen atoms in total. The van der Waals surface area contributed by atoms with Crippen LogP contribution in [-0.4, -0.2) is 77.8 Å². The van der Waals surface area contributed by atoms with E-state index in [2.05, 4.69) is 70.9 Å². The maximum atomic E-state index is 12.5. The number of fused-ring (bicyclic) bond motifs is 2. The number of benzene rings is 2. The number of nitrogens with one attached hydrogen (secondary N) is 1. The number of amides is 2. The third-order valence-corrected chi connectivity index (χ3v) is 7.49. The molecule has 37 heavy (non-hydrogen) atoms. The molecule has 7 N–H and O–H groups in total. The second kappa shape index (κ2) is 13.9. The SMILES string of the molecule is O.O.O.O=CN1CCC(C(=O)NCCN2CCC(=C3c4ccccc4C=Cc4ccccc43)CC2)CC1. The zero-order valence-electron chi connectivity index (χ0n) is 21.2. The van der Waals surface area contributed by atoms with Gasteiger partial charge in [0.25, 0.3) is 0 Å². The van der Waals surface area contributed by atoms with Crippen LogP contribution in [0.25, 0.3) is 17.7 Å². The Labute approximate surface area is 218 Å². The fraction of sp³-hybridized carbons (Fsp3) is 0.379. The molecule has 0 saturated carbocycles. The van der Waals surface area contributed by atoms with E-state index >= 15 is 0 Å². The molecule has 0 atom stereocenters. The number of nitrogens with zero attached hydrogens (tertiary/aromatic N) is 2. The fourth-order valence-corrected chi connectivity index (χ4v) is 5.49. The van der Waals surface area contributed by atoms with Crippen LogP contribution in [0.3, 0.4) is 0 Å².